The maximum absolute atomic E-state index is 12.1. The number of unbranched alkanes of at least 4 members (excludes halogenated alkanes) is 5. The van der Waals surface area contributed by atoms with Gasteiger partial charge in [-0.05, 0) is 19.3 Å². The van der Waals surface area contributed by atoms with E-state index in [-0.39, 0.29) is 23.6 Å². The number of Topliss-reactive ketones (excluding diaryl/α,β-unsaturated/α-hetero) is 1. The first kappa shape index (κ1) is 19.9. The van der Waals surface area contributed by atoms with Crippen LogP contribution in [-0.4, -0.2) is 30.1 Å². The number of hydrogen-bond acceptors (Lipinski definition) is 4. The molecule has 3 atom stereocenters. The minimum absolute atomic E-state index is 0.00516. The summed E-state index contributed by atoms with van der Waals surface area (Å²) in [6, 6.07) is 0. The van der Waals surface area contributed by atoms with E-state index in [1.807, 2.05) is 0 Å². The molecule has 1 fully saturated rings. The van der Waals surface area contributed by atoms with Gasteiger partial charge in [-0.3, -0.25) is 9.59 Å². The Morgan fingerprint density at radius 1 is 1.26 bits per heavy atom. The second-order valence-corrected chi connectivity index (χ2v) is 6.52. The van der Waals surface area contributed by atoms with Crippen LogP contribution >= 0.6 is 0 Å². The highest BCUT2D eigenvalue weighted by molar-refractivity contribution is 5.84. The van der Waals surface area contributed by atoms with Crippen molar-refractivity contribution in [1.82, 2.24) is 0 Å². The average Bonchev–Trinajstić information content (AvgIpc) is 2.80. The molecular weight excluding hydrogens is 292 g/mol. The monoisotopic (exact) mass is 324 g/mol. The first-order valence-electron chi connectivity index (χ1n) is 9.04. The van der Waals surface area contributed by atoms with E-state index in [0.717, 1.165) is 51.4 Å². The van der Waals surface area contributed by atoms with Crippen LogP contribution in [0.2, 0.25) is 0 Å². The van der Waals surface area contributed by atoms with E-state index in [4.69, 9.17) is 0 Å². The molecule has 1 aliphatic carbocycles. The fourth-order valence-corrected chi connectivity index (χ4v) is 3.26. The van der Waals surface area contributed by atoms with Gasteiger partial charge >= 0.3 is 5.97 Å². The average molecular weight is 324 g/mol. The van der Waals surface area contributed by atoms with Crippen molar-refractivity contribution in [2.24, 2.45) is 11.8 Å². The largest absolute Gasteiger partial charge is 0.469 e. The summed E-state index contributed by atoms with van der Waals surface area (Å²) in [6.45, 7) is 2.16. The van der Waals surface area contributed by atoms with Gasteiger partial charge in [-0.1, -0.05) is 51.2 Å². The quantitative estimate of drug-likeness (QED) is 0.356. The van der Waals surface area contributed by atoms with Crippen LogP contribution in [0, 0.1) is 11.8 Å². The van der Waals surface area contributed by atoms with Crippen LogP contribution in [0.4, 0.5) is 0 Å². The molecule has 0 aromatic rings. The van der Waals surface area contributed by atoms with Crippen molar-refractivity contribution in [1.29, 1.82) is 0 Å². The molecule has 0 bridgehead atoms. The molecule has 0 heterocycles. The number of carbonyl (C=O) groups excluding carboxylic acids is 2. The summed E-state index contributed by atoms with van der Waals surface area (Å²) in [7, 11) is 1.41. The number of ether oxygens (including phenoxy) is 1. The van der Waals surface area contributed by atoms with Gasteiger partial charge in [0.25, 0.3) is 0 Å². The third-order valence-corrected chi connectivity index (χ3v) is 4.69. The first-order valence-corrected chi connectivity index (χ1v) is 9.04. The molecule has 1 saturated carbocycles. The number of allylic oxidation sites excluding steroid dienone is 1. The topological polar surface area (TPSA) is 63.6 Å². The van der Waals surface area contributed by atoms with Gasteiger partial charge in [-0.25, -0.2) is 0 Å². The Bertz CT molecular complexity index is 389. The van der Waals surface area contributed by atoms with Crippen molar-refractivity contribution in [2.45, 2.75) is 77.2 Å². The van der Waals surface area contributed by atoms with E-state index in [1.54, 1.807) is 0 Å². The van der Waals surface area contributed by atoms with E-state index >= 15 is 0 Å². The fraction of sp³-hybridized carbons (Fsp3) is 0.789. The number of carbonyl (C=O) groups is 2. The van der Waals surface area contributed by atoms with Crippen LogP contribution < -0.4 is 0 Å². The van der Waals surface area contributed by atoms with Gasteiger partial charge in [0, 0.05) is 24.7 Å². The molecule has 4 nitrogen and oxygen atoms in total. The summed E-state index contributed by atoms with van der Waals surface area (Å²) in [5.41, 5.74) is 0. The van der Waals surface area contributed by atoms with Gasteiger partial charge in [0.15, 0.2) is 0 Å². The molecule has 132 valence electrons. The lowest BCUT2D eigenvalue weighted by Crippen LogP contribution is -2.18. The lowest BCUT2D eigenvalue weighted by molar-refractivity contribution is -0.140. The van der Waals surface area contributed by atoms with Crippen LogP contribution in [0.15, 0.2) is 12.2 Å². The van der Waals surface area contributed by atoms with Gasteiger partial charge in [-0.15, -0.1) is 0 Å². The third kappa shape index (κ3) is 7.30. The molecule has 0 aliphatic heterocycles. The fourth-order valence-electron chi connectivity index (χ4n) is 3.26. The molecule has 0 aromatic heterocycles. The molecule has 1 aliphatic rings. The normalized spacial score (nSPS) is 24.5. The van der Waals surface area contributed by atoms with Crippen molar-refractivity contribution < 1.29 is 19.4 Å². The van der Waals surface area contributed by atoms with E-state index < -0.39 is 6.10 Å². The van der Waals surface area contributed by atoms with Gasteiger partial charge < -0.3 is 9.84 Å². The molecular formula is C19H32O4. The zero-order chi connectivity index (χ0) is 17.1. The molecule has 23 heavy (non-hydrogen) atoms. The minimum atomic E-state index is -0.510. The van der Waals surface area contributed by atoms with Crippen LogP contribution in [0.25, 0.3) is 0 Å². The van der Waals surface area contributed by atoms with E-state index in [2.05, 4.69) is 23.8 Å². The smallest absolute Gasteiger partial charge is 0.305 e. The Labute approximate surface area is 140 Å². The lowest BCUT2D eigenvalue weighted by Gasteiger charge is -2.17. The molecule has 4 heteroatoms. The number of aliphatic hydroxyl groups is 1. The summed E-state index contributed by atoms with van der Waals surface area (Å²) < 4.78 is 4.61. The van der Waals surface area contributed by atoms with E-state index in [0.29, 0.717) is 12.8 Å². The summed E-state index contributed by atoms with van der Waals surface area (Å²) in [5, 5.41) is 10.1. The minimum Gasteiger partial charge on any atom is -0.469 e. The van der Waals surface area contributed by atoms with Gasteiger partial charge in [0.1, 0.15) is 5.78 Å². The van der Waals surface area contributed by atoms with Crippen LogP contribution in [0.3, 0.4) is 0 Å². The number of aliphatic hydroxyl groups excluding tert-OH is 1. The molecule has 0 amide bonds. The molecule has 1 N–H and O–H groups in total. The van der Waals surface area contributed by atoms with Crippen LogP contribution in [0.1, 0.15) is 71.1 Å². The molecule has 1 unspecified atom stereocenters. The molecule has 0 spiro atoms. The van der Waals surface area contributed by atoms with Crippen molar-refractivity contribution in [3.8, 4) is 0 Å². The summed E-state index contributed by atoms with van der Waals surface area (Å²) in [5.74, 6) is 0.0199. The third-order valence-electron chi connectivity index (χ3n) is 4.69. The number of methoxy groups -OCH3 is 1. The Balaban J connectivity index is 2.30. The summed E-state index contributed by atoms with van der Waals surface area (Å²) in [4.78, 5) is 23.1. The van der Waals surface area contributed by atoms with E-state index in [9.17, 15) is 14.7 Å². The van der Waals surface area contributed by atoms with Gasteiger partial charge in [0.2, 0.25) is 0 Å². The predicted molar refractivity (Wildman–Crippen MR) is 91.0 cm³/mol. The molecule has 0 saturated heterocycles. The molecule has 0 radical (unpaired) electrons. The Morgan fingerprint density at radius 2 is 2.00 bits per heavy atom. The molecule has 0 aromatic carbocycles. The highest BCUT2D eigenvalue weighted by Crippen LogP contribution is 2.34. The maximum Gasteiger partial charge on any atom is 0.305 e. The lowest BCUT2D eigenvalue weighted by atomic mass is 9.88. The number of hydrogen-bond donors (Lipinski definition) is 1. The highest BCUT2D eigenvalue weighted by Gasteiger charge is 2.39. The number of rotatable bonds is 11. The number of esters is 1. The second kappa shape index (κ2) is 11.4. The SMILES string of the molecule is CCCCC=C[C@H]1C(O)CC(=O)[C@@H]1CCCCCCC(=O)OC. The predicted octanol–water partition coefficient (Wildman–Crippen LogP) is 3.81. The van der Waals surface area contributed by atoms with Gasteiger partial charge in [0.05, 0.1) is 13.2 Å². The van der Waals surface area contributed by atoms with Crippen LogP contribution in [-0.2, 0) is 14.3 Å². The van der Waals surface area contributed by atoms with Crippen molar-refractivity contribution in [3.05, 3.63) is 12.2 Å². The zero-order valence-electron chi connectivity index (χ0n) is 14.6. The van der Waals surface area contributed by atoms with E-state index in [1.165, 1.54) is 7.11 Å². The summed E-state index contributed by atoms with van der Waals surface area (Å²) >= 11 is 0. The number of ketones is 1. The Hall–Kier alpha value is -1.16. The Morgan fingerprint density at radius 3 is 2.70 bits per heavy atom. The standard InChI is InChI=1S/C19H32O4/c1-3-4-5-8-11-15-16(18(21)14-17(15)20)12-9-6-7-10-13-19(22)23-2/h8,11,15-17,20H,3-7,9-10,12-14H2,1-2H3/t15-,16-,17?/m1/s1. The van der Waals surface area contributed by atoms with Crippen molar-refractivity contribution in [3.63, 3.8) is 0 Å². The Kier molecular flexibility index (Phi) is 9.85. The first-order chi connectivity index (χ1) is 11.1. The maximum atomic E-state index is 12.1. The molecule has 1 rings (SSSR count). The van der Waals surface area contributed by atoms with Crippen molar-refractivity contribution in [2.75, 3.05) is 7.11 Å². The second-order valence-electron chi connectivity index (χ2n) is 6.52. The van der Waals surface area contributed by atoms with Crippen molar-refractivity contribution >= 4 is 11.8 Å². The van der Waals surface area contributed by atoms with Gasteiger partial charge in [-0.2, -0.15) is 0 Å². The summed E-state index contributed by atoms with van der Waals surface area (Å²) in [6.07, 6.45) is 12.4. The van der Waals surface area contributed by atoms with Crippen LogP contribution in [0.5, 0.6) is 0 Å². The highest BCUT2D eigenvalue weighted by atomic mass is 16.5. The zero-order valence-corrected chi connectivity index (χ0v) is 14.6.